The Hall–Kier alpha value is -1.62. The van der Waals surface area contributed by atoms with Gasteiger partial charge in [0.25, 0.3) is 0 Å². The molecule has 0 saturated carbocycles. The molecule has 1 saturated heterocycles. The Morgan fingerprint density at radius 1 is 1.52 bits per heavy atom. The molecule has 1 fully saturated rings. The first-order valence-electron chi connectivity index (χ1n) is 7.41. The molecule has 0 aromatic heterocycles. The SMILES string of the molecule is CCCCN1C[C@H](Oc2ccc(F)c(C)c2)C[C@H]1C(=O)O. The van der Waals surface area contributed by atoms with Gasteiger partial charge in [-0.05, 0) is 43.7 Å². The number of carbonyl (C=O) groups is 1. The van der Waals surface area contributed by atoms with Gasteiger partial charge in [-0.2, -0.15) is 0 Å². The Balaban J connectivity index is 2.01. The first-order valence-corrected chi connectivity index (χ1v) is 7.41. The Bertz CT molecular complexity index is 506. The summed E-state index contributed by atoms with van der Waals surface area (Å²) in [5, 5.41) is 9.30. The third-order valence-electron chi connectivity index (χ3n) is 3.88. The largest absolute Gasteiger partial charge is 0.489 e. The lowest BCUT2D eigenvalue weighted by molar-refractivity contribution is -0.142. The monoisotopic (exact) mass is 295 g/mol. The van der Waals surface area contributed by atoms with Crippen LogP contribution in [0.25, 0.3) is 0 Å². The van der Waals surface area contributed by atoms with E-state index in [4.69, 9.17) is 4.74 Å². The van der Waals surface area contributed by atoms with Crippen molar-refractivity contribution < 1.29 is 19.0 Å². The van der Waals surface area contributed by atoms with Crippen LogP contribution in [0.2, 0.25) is 0 Å². The van der Waals surface area contributed by atoms with E-state index in [0.717, 1.165) is 19.4 Å². The van der Waals surface area contributed by atoms with E-state index in [1.54, 1.807) is 19.1 Å². The van der Waals surface area contributed by atoms with Gasteiger partial charge in [-0.25, -0.2) is 4.39 Å². The summed E-state index contributed by atoms with van der Waals surface area (Å²) < 4.78 is 19.1. The van der Waals surface area contributed by atoms with Crippen LogP contribution < -0.4 is 4.74 Å². The van der Waals surface area contributed by atoms with E-state index < -0.39 is 12.0 Å². The highest BCUT2D eigenvalue weighted by atomic mass is 19.1. The highest BCUT2D eigenvalue weighted by Crippen LogP contribution is 2.25. The standard InChI is InChI=1S/C16H22FNO3/c1-3-4-7-18-10-13(9-15(18)16(19)20)21-12-5-6-14(17)11(2)8-12/h5-6,8,13,15H,3-4,7,9-10H2,1-2H3,(H,19,20)/t13-,15+/m1/s1. The second-order valence-electron chi connectivity index (χ2n) is 5.59. The van der Waals surface area contributed by atoms with Gasteiger partial charge in [-0.15, -0.1) is 0 Å². The van der Waals surface area contributed by atoms with Crippen molar-refractivity contribution in [1.82, 2.24) is 4.90 Å². The van der Waals surface area contributed by atoms with Crippen LogP contribution >= 0.6 is 0 Å². The Kier molecular flexibility index (Phi) is 5.17. The molecule has 5 heteroatoms. The summed E-state index contributed by atoms with van der Waals surface area (Å²) in [6.07, 6.45) is 2.32. The predicted octanol–water partition coefficient (Wildman–Crippen LogP) is 2.84. The van der Waals surface area contributed by atoms with Crippen molar-refractivity contribution in [1.29, 1.82) is 0 Å². The van der Waals surface area contributed by atoms with Crippen LogP contribution in [0.3, 0.4) is 0 Å². The fraction of sp³-hybridized carbons (Fsp3) is 0.562. The molecule has 0 bridgehead atoms. The van der Waals surface area contributed by atoms with Crippen molar-refractivity contribution in [2.45, 2.75) is 45.3 Å². The second-order valence-corrected chi connectivity index (χ2v) is 5.59. The second kappa shape index (κ2) is 6.89. The Morgan fingerprint density at radius 2 is 2.29 bits per heavy atom. The first kappa shape index (κ1) is 15.8. The number of likely N-dealkylation sites (tertiary alicyclic amines) is 1. The molecule has 1 aliphatic heterocycles. The summed E-state index contributed by atoms with van der Waals surface area (Å²) in [5.41, 5.74) is 0.531. The molecule has 0 aliphatic carbocycles. The molecule has 0 amide bonds. The highest BCUT2D eigenvalue weighted by Gasteiger charge is 2.37. The number of aryl methyl sites for hydroxylation is 1. The number of carboxylic acid groups (broad SMARTS) is 1. The van der Waals surface area contributed by atoms with E-state index in [-0.39, 0.29) is 11.9 Å². The molecule has 0 spiro atoms. The maximum absolute atomic E-state index is 13.2. The zero-order chi connectivity index (χ0) is 15.4. The molecule has 2 atom stereocenters. The molecule has 4 nitrogen and oxygen atoms in total. The van der Waals surface area contributed by atoms with Crippen molar-refractivity contribution in [2.75, 3.05) is 13.1 Å². The number of aliphatic carboxylic acids is 1. The van der Waals surface area contributed by atoms with Gasteiger partial charge >= 0.3 is 5.97 Å². The number of rotatable bonds is 6. The van der Waals surface area contributed by atoms with E-state index in [1.807, 2.05) is 4.90 Å². The maximum Gasteiger partial charge on any atom is 0.321 e. The van der Waals surface area contributed by atoms with E-state index in [1.165, 1.54) is 6.07 Å². The lowest BCUT2D eigenvalue weighted by Crippen LogP contribution is -2.36. The van der Waals surface area contributed by atoms with Crippen LogP contribution in [0.5, 0.6) is 5.75 Å². The fourth-order valence-corrected chi connectivity index (χ4v) is 2.70. The van der Waals surface area contributed by atoms with Crippen LogP contribution in [-0.4, -0.2) is 41.2 Å². The van der Waals surface area contributed by atoms with E-state index in [9.17, 15) is 14.3 Å². The number of ether oxygens (including phenoxy) is 1. The van der Waals surface area contributed by atoms with Gasteiger partial charge in [0.15, 0.2) is 0 Å². The summed E-state index contributed by atoms with van der Waals surface area (Å²) >= 11 is 0. The van der Waals surface area contributed by atoms with Crippen molar-refractivity contribution in [3.05, 3.63) is 29.6 Å². The molecule has 0 unspecified atom stereocenters. The molecule has 21 heavy (non-hydrogen) atoms. The number of benzene rings is 1. The summed E-state index contributed by atoms with van der Waals surface area (Å²) in [6, 6.07) is 4.14. The summed E-state index contributed by atoms with van der Waals surface area (Å²) in [7, 11) is 0. The summed E-state index contributed by atoms with van der Waals surface area (Å²) in [4.78, 5) is 13.3. The topological polar surface area (TPSA) is 49.8 Å². The zero-order valence-corrected chi connectivity index (χ0v) is 12.5. The van der Waals surface area contributed by atoms with E-state index in [2.05, 4.69) is 6.92 Å². The quantitative estimate of drug-likeness (QED) is 0.876. The Morgan fingerprint density at radius 3 is 2.90 bits per heavy atom. The minimum Gasteiger partial charge on any atom is -0.489 e. The third kappa shape index (κ3) is 3.94. The molecule has 1 aromatic carbocycles. The molecule has 1 heterocycles. The molecule has 1 N–H and O–H groups in total. The van der Waals surface area contributed by atoms with Crippen molar-refractivity contribution in [3.8, 4) is 5.75 Å². The first-order chi connectivity index (χ1) is 10.0. The summed E-state index contributed by atoms with van der Waals surface area (Å²) in [6.45, 7) is 5.15. The van der Waals surface area contributed by atoms with Crippen LogP contribution in [0.1, 0.15) is 31.7 Å². The number of halogens is 1. The van der Waals surface area contributed by atoms with E-state index in [0.29, 0.717) is 24.3 Å². The van der Waals surface area contributed by atoms with Gasteiger partial charge in [-0.3, -0.25) is 9.69 Å². The zero-order valence-electron chi connectivity index (χ0n) is 12.5. The maximum atomic E-state index is 13.2. The molecule has 116 valence electrons. The molecule has 1 aromatic rings. The smallest absolute Gasteiger partial charge is 0.321 e. The van der Waals surface area contributed by atoms with Crippen LogP contribution in [0.15, 0.2) is 18.2 Å². The molecular formula is C16H22FNO3. The van der Waals surface area contributed by atoms with E-state index >= 15 is 0 Å². The van der Waals surface area contributed by atoms with Gasteiger partial charge in [0.1, 0.15) is 23.7 Å². The van der Waals surface area contributed by atoms with Crippen molar-refractivity contribution >= 4 is 5.97 Å². The minimum atomic E-state index is -0.799. The third-order valence-corrected chi connectivity index (χ3v) is 3.88. The number of hydrogen-bond acceptors (Lipinski definition) is 3. The van der Waals surface area contributed by atoms with Gasteiger partial charge in [0.05, 0.1) is 0 Å². The average molecular weight is 295 g/mol. The van der Waals surface area contributed by atoms with Crippen LogP contribution in [-0.2, 0) is 4.79 Å². The van der Waals surface area contributed by atoms with Crippen LogP contribution in [0, 0.1) is 12.7 Å². The van der Waals surface area contributed by atoms with Gasteiger partial charge in [0.2, 0.25) is 0 Å². The van der Waals surface area contributed by atoms with Gasteiger partial charge in [0, 0.05) is 13.0 Å². The molecule has 0 radical (unpaired) electrons. The predicted molar refractivity (Wildman–Crippen MR) is 78.1 cm³/mol. The normalized spacial score (nSPS) is 22.4. The minimum absolute atomic E-state index is 0.159. The van der Waals surface area contributed by atoms with Gasteiger partial charge < -0.3 is 9.84 Å². The number of unbranched alkanes of at least 4 members (excludes halogenated alkanes) is 1. The highest BCUT2D eigenvalue weighted by molar-refractivity contribution is 5.74. The molecular weight excluding hydrogens is 273 g/mol. The average Bonchev–Trinajstić information content (AvgIpc) is 2.84. The van der Waals surface area contributed by atoms with Crippen molar-refractivity contribution in [3.63, 3.8) is 0 Å². The number of carboxylic acids is 1. The fourth-order valence-electron chi connectivity index (χ4n) is 2.70. The molecule has 1 aliphatic rings. The van der Waals surface area contributed by atoms with Crippen LogP contribution in [0.4, 0.5) is 4.39 Å². The lowest BCUT2D eigenvalue weighted by atomic mass is 10.2. The van der Waals surface area contributed by atoms with Crippen molar-refractivity contribution in [2.24, 2.45) is 0 Å². The molecule has 2 rings (SSSR count). The lowest BCUT2D eigenvalue weighted by Gasteiger charge is -2.20. The Labute approximate surface area is 124 Å². The number of hydrogen-bond donors (Lipinski definition) is 1. The number of nitrogens with zero attached hydrogens (tertiary/aromatic N) is 1. The summed E-state index contributed by atoms with van der Waals surface area (Å²) in [5.74, 6) is -0.463. The van der Waals surface area contributed by atoms with Gasteiger partial charge in [-0.1, -0.05) is 13.3 Å².